The Hall–Kier alpha value is -1.32. The third-order valence-electron chi connectivity index (χ3n) is 2.18. The number of benzene rings is 1. The molecular formula is C13H18O3. The van der Waals surface area contributed by atoms with Gasteiger partial charge in [0, 0.05) is 0 Å². The van der Waals surface area contributed by atoms with E-state index in [4.69, 9.17) is 9.47 Å². The predicted octanol–water partition coefficient (Wildman–Crippen LogP) is 2.15. The number of methoxy groups -OCH3 is 1. The van der Waals surface area contributed by atoms with E-state index in [1.165, 1.54) is 0 Å². The lowest BCUT2D eigenvalue weighted by Gasteiger charge is -2.09. The molecule has 0 aliphatic carbocycles. The topological polar surface area (TPSA) is 38.7 Å². The van der Waals surface area contributed by atoms with E-state index in [-0.39, 0.29) is 0 Å². The molecule has 0 saturated carbocycles. The molecule has 3 nitrogen and oxygen atoms in total. The van der Waals surface area contributed by atoms with Crippen molar-refractivity contribution in [3.05, 3.63) is 42.5 Å². The molecule has 0 aromatic heterocycles. The van der Waals surface area contributed by atoms with Crippen LogP contribution in [0.3, 0.4) is 0 Å². The maximum absolute atomic E-state index is 9.39. The van der Waals surface area contributed by atoms with E-state index in [1.54, 1.807) is 13.2 Å². The van der Waals surface area contributed by atoms with Crippen molar-refractivity contribution in [2.75, 3.05) is 13.7 Å². The van der Waals surface area contributed by atoms with E-state index >= 15 is 0 Å². The minimum atomic E-state index is -0.462. The minimum absolute atomic E-state index is 0.331. The summed E-state index contributed by atoms with van der Waals surface area (Å²) < 4.78 is 10.4. The Kier molecular flexibility index (Phi) is 5.61. The fourth-order valence-electron chi connectivity index (χ4n) is 1.30. The minimum Gasteiger partial charge on any atom is -0.497 e. The zero-order valence-corrected chi connectivity index (χ0v) is 9.56. The quantitative estimate of drug-likeness (QED) is 0.718. The molecule has 0 fully saturated rings. The Morgan fingerprint density at radius 3 is 2.62 bits per heavy atom. The van der Waals surface area contributed by atoms with Crippen molar-refractivity contribution >= 4 is 0 Å². The summed E-state index contributed by atoms with van der Waals surface area (Å²) >= 11 is 0. The second-order valence-electron chi connectivity index (χ2n) is 3.54. The van der Waals surface area contributed by atoms with E-state index in [0.717, 1.165) is 11.3 Å². The molecule has 0 heterocycles. The van der Waals surface area contributed by atoms with Gasteiger partial charge in [0.2, 0.25) is 0 Å². The molecule has 0 saturated heterocycles. The zero-order valence-electron chi connectivity index (χ0n) is 9.56. The average Bonchev–Trinajstić information content (AvgIpc) is 2.30. The van der Waals surface area contributed by atoms with Crippen LogP contribution in [0.5, 0.6) is 5.75 Å². The van der Waals surface area contributed by atoms with E-state index < -0.39 is 6.10 Å². The third kappa shape index (κ3) is 4.47. The average molecular weight is 222 g/mol. The SMILES string of the molecule is C=CCC(O)COCc1ccc(OC)cc1. The summed E-state index contributed by atoms with van der Waals surface area (Å²) in [6.45, 7) is 4.39. The lowest BCUT2D eigenvalue weighted by atomic mass is 10.2. The van der Waals surface area contributed by atoms with Crippen LogP contribution in [-0.4, -0.2) is 24.9 Å². The number of hydrogen-bond acceptors (Lipinski definition) is 3. The van der Waals surface area contributed by atoms with Crippen molar-refractivity contribution in [3.8, 4) is 5.75 Å². The van der Waals surface area contributed by atoms with Gasteiger partial charge in [-0.3, -0.25) is 0 Å². The Bertz CT molecular complexity index is 305. The summed E-state index contributed by atoms with van der Waals surface area (Å²) in [7, 11) is 1.64. The monoisotopic (exact) mass is 222 g/mol. The summed E-state index contributed by atoms with van der Waals surface area (Å²) in [5.41, 5.74) is 1.06. The molecule has 1 rings (SSSR count). The van der Waals surface area contributed by atoms with Gasteiger partial charge in [-0.25, -0.2) is 0 Å². The van der Waals surface area contributed by atoms with Gasteiger partial charge in [-0.15, -0.1) is 6.58 Å². The fraction of sp³-hybridized carbons (Fsp3) is 0.385. The first-order valence-electron chi connectivity index (χ1n) is 5.26. The summed E-state index contributed by atoms with van der Waals surface area (Å²) in [6.07, 6.45) is 1.78. The summed E-state index contributed by atoms with van der Waals surface area (Å²) in [5.74, 6) is 0.829. The second-order valence-corrected chi connectivity index (χ2v) is 3.54. The number of rotatable bonds is 7. The summed E-state index contributed by atoms with van der Waals surface area (Å²) in [4.78, 5) is 0. The molecule has 0 bridgehead atoms. The first-order valence-corrected chi connectivity index (χ1v) is 5.26. The van der Waals surface area contributed by atoms with Crippen molar-refractivity contribution in [3.63, 3.8) is 0 Å². The van der Waals surface area contributed by atoms with Crippen LogP contribution in [0.4, 0.5) is 0 Å². The predicted molar refractivity (Wildman–Crippen MR) is 63.5 cm³/mol. The van der Waals surface area contributed by atoms with Gasteiger partial charge >= 0.3 is 0 Å². The van der Waals surface area contributed by atoms with Crippen molar-refractivity contribution in [1.29, 1.82) is 0 Å². The highest BCUT2D eigenvalue weighted by atomic mass is 16.5. The molecular weight excluding hydrogens is 204 g/mol. The van der Waals surface area contributed by atoms with Crippen molar-refractivity contribution in [2.24, 2.45) is 0 Å². The van der Waals surface area contributed by atoms with Gasteiger partial charge in [-0.05, 0) is 24.1 Å². The molecule has 0 aliphatic rings. The van der Waals surface area contributed by atoms with Crippen molar-refractivity contribution in [2.45, 2.75) is 19.1 Å². The maximum atomic E-state index is 9.39. The molecule has 0 radical (unpaired) electrons. The molecule has 1 aromatic rings. The van der Waals surface area contributed by atoms with Crippen LogP contribution in [0.15, 0.2) is 36.9 Å². The van der Waals surface area contributed by atoms with Crippen LogP contribution in [0.25, 0.3) is 0 Å². The lowest BCUT2D eigenvalue weighted by Crippen LogP contribution is -2.13. The third-order valence-corrected chi connectivity index (χ3v) is 2.18. The Balaban J connectivity index is 2.28. The highest BCUT2D eigenvalue weighted by molar-refractivity contribution is 5.26. The van der Waals surface area contributed by atoms with Crippen LogP contribution in [-0.2, 0) is 11.3 Å². The first kappa shape index (κ1) is 12.7. The number of aliphatic hydroxyl groups excluding tert-OH is 1. The van der Waals surface area contributed by atoms with Crippen LogP contribution in [0, 0.1) is 0 Å². The van der Waals surface area contributed by atoms with Crippen molar-refractivity contribution < 1.29 is 14.6 Å². The molecule has 1 unspecified atom stereocenters. The zero-order chi connectivity index (χ0) is 11.8. The Morgan fingerprint density at radius 2 is 2.06 bits per heavy atom. The van der Waals surface area contributed by atoms with E-state index in [1.807, 2.05) is 24.3 Å². The van der Waals surface area contributed by atoms with Crippen LogP contribution in [0.1, 0.15) is 12.0 Å². The maximum Gasteiger partial charge on any atom is 0.118 e. The molecule has 0 aliphatic heterocycles. The second kappa shape index (κ2) is 7.04. The van der Waals surface area contributed by atoms with Crippen molar-refractivity contribution in [1.82, 2.24) is 0 Å². The molecule has 88 valence electrons. The van der Waals surface area contributed by atoms with E-state index in [2.05, 4.69) is 6.58 Å². The van der Waals surface area contributed by atoms with Gasteiger partial charge < -0.3 is 14.6 Å². The number of hydrogen-bond donors (Lipinski definition) is 1. The summed E-state index contributed by atoms with van der Waals surface area (Å²) in [5, 5.41) is 9.39. The standard InChI is InChI=1S/C13H18O3/c1-3-4-12(14)10-16-9-11-5-7-13(15-2)8-6-11/h3,5-8,12,14H,1,4,9-10H2,2H3. The molecule has 1 atom stereocenters. The van der Waals surface area contributed by atoms with E-state index in [0.29, 0.717) is 19.6 Å². The first-order chi connectivity index (χ1) is 7.76. The van der Waals surface area contributed by atoms with Gasteiger partial charge in [-0.1, -0.05) is 18.2 Å². The van der Waals surface area contributed by atoms with E-state index in [9.17, 15) is 5.11 Å². The molecule has 0 spiro atoms. The normalized spacial score (nSPS) is 12.1. The van der Waals surface area contributed by atoms with Gasteiger partial charge in [0.15, 0.2) is 0 Å². The highest BCUT2D eigenvalue weighted by Gasteiger charge is 2.01. The highest BCUT2D eigenvalue weighted by Crippen LogP contribution is 2.12. The lowest BCUT2D eigenvalue weighted by molar-refractivity contribution is 0.0301. The van der Waals surface area contributed by atoms with Gasteiger partial charge in [0.05, 0.1) is 26.4 Å². The smallest absolute Gasteiger partial charge is 0.118 e. The Morgan fingerprint density at radius 1 is 1.38 bits per heavy atom. The number of aliphatic hydroxyl groups is 1. The molecule has 1 N–H and O–H groups in total. The van der Waals surface area contributed by atoms with Crippen LogP contribution in [0.2, 0.25) is 0 Å². The van der Waals surface area contributed by atoms with Crippen LogP contribution >= 0.6 is 0 Å². The van der Waals surface area contributed by atoms with Gasteiger partial charge in [0.25, 0.3) is 0 Å². The molecule has 16 heavy (non-hydrogen) atoms. The molecule has 1 aromatic carbocycles. The van der Waals surface area contributed by atoms with Gasteiger partial charge in [0.1, 0.15) is 5.75 Å². The largest absolute Gasteiger partial charge is 0.497 e. The summed E-state index contributed by atoms with van der Waals surface area (Å²) in [6, 6.07) is 7.66. The Labute approximate surface area is 96.3 Å². The fourth-order valence-corrected chi connectivity index (χ4v) is 1.30. The number of ether oxygens (including phenoxy) is 2. The molecule has 3 heteroatoms. The van der Waals surface area contributed by atoms with Crippen LogP contribution < -0.4 is 4.74 Å². The molecule has 0 amide bonds. The van der Waals surface area contributed by atoms with Gasteiger partial charge in [-0.2, -0.15) is 0 Å².